The second kappa shape index (κ2) is 7.57. The van der Waals surface area contributed by atoms with E-state index in [0.717, 1.165) is 22.4 Å². The summed E-state index contributed by atoms with van der Waals surface area (Å²) in [6.07, 6.45) is 0.354. The van der Waals surface area contributed by atoms with Gasteiger partial charge in [-0.2, -0.15) is 0 Å². The number of esters is 1. The highest BCUT2D eigenvalue weighted by molar-refractivity contribution is 9.10. The molecule has 0 unspecified atom stereocenters. The first-order chi connectivity index (χ1) is 9.67. The van der Waals surface area contributed by atoms with Gasteiger partial charge in [-0.05, 0) is 29.8 Å². The predicted octanol–water partition coefficient (Wildman–Crippen LogP) is 3.52. The summed E-state index contributed by atoms with van der Waals surface area (Å²) in [6.45, 7) is 1.63. The number of rotatable bonds is 6. The van der Waals surface area contributed by atoms with Crippen molar-refractivity contribution in [2.75, 3.05) is 7.11 Å². The molecule has 0 aliphatic rings. The lowest BCUT2D eigenvalue weighted by molar-refractivity contribution is -0.139. The summed E-state index contributed by atoms with van der Waals surface area (Å²) in [5.41, 5.74) is 1.24. The van der Waals surface area contributed by atoms with E-state index in [1.165, 1.54) is 17.6 Å². The Kier molecular flexibility index (Phi) is 5.76. The van der Waals surface area contributed by atoms with E-state index in [1.54, 1.807) is 11.3 Å². The van der Waals surface area contributed by atoms with Crippen molar-refractivity contribution in [3.8, 4) is 0 Å². The van der Waals surface area contributed by atoms with Gasteiger partial charge >= 0.3 is 5.97 Å². The van der Waals surface area contributed by atoms with Gasteiger partial charge in [0.15, 0.2) is 0 Å². The standard InChI is InChI=1S/C15H16BrNO2S/c1-19-15(18)8-13-5-6-14(20-13)10-17-9-11-3-2-4-12(16)7-11/h2-7,17H,8-10H2,1H3. The fraction of sp³-hybridized carbons (Fsp3) is 0.267. The van der Waals surface area contributed by atoms with E-state index in [0.29, 0.717) is 6.42 Å². The highest BCUT2D eigenvalue weighted by Crippen LogP contribution is 2.17. The minimum atomic E-state index is -0.194. The lowest BCUT2D eigenvalue weighted by Crippen LogP contribution is -2.11. The number of carbonyl (C=O) groups is 1. The van der Waals surface area contributed by atoms with Crippen molar-refractivity contribution < 1.29 is 9.53 Å². The zero-order valence-electron chi connectivity index (χ0n) is 11.2. The van der Waals surface area contributed by atoms with Crippen LogP contribution in [0.5, 0.6) is 0 Å². The summed E-state index contributed by atoms with van der Waals surface area (Å²) in [5.74, 6) is -0.194. The third kappa shape index (κ3) is 4.74. The number of hydrogen-bond donors (Lipinski definition) is 1. The van der Waals surface area contributed by atoms with Gasteiger partial charge in [0.05, 0.1) is 13.5 Å². The number of methoxy groups -OCH3 is 1. The van der Waals surface area contributed by atoms with Crippen molar-refractivity contribution in [2.24, 2.45) is 0 Å². The Morgan fingerprint density at radius 3 is 2.80 bits per heavy atom. The Morgan fingerprint density at radius 2 is 2.05 bits per heavy atom. The quantitative estimate of drug-likeness (QED) is 0.807. The molecule has 1 heterocycles. The van der Waals surface area contributed by atoms with E-state index in [2.05, 4.69) is 44.2 Å². The molecule has 0 spiro atoms. The van der Waals surface area contributed by atoms with Crippen LogP contribution in [0.15, 0.2) is 40.9 Å². The molecule has 3 nitrogen and oxygen atoms in total. The first-order valence-corrected chi connectivity index (χ1v) is 7.88. The Bertz CT molecular complexity index is 583. The van der Waals surface area contributed by atoms with Gasteiger partial charge in [0.25, 0.3) is 0 Å². The monoisotopic (exact) mass is 353 g/mol. The Morgan fingerprint density at radius 1 is 1.25 bits per heavy atom. The molecular formula is C15H16BrNO2S. The van der Waals surface area contributed by atoms with Crippen LogP contribution in [0.2, 0.25) is 0 Å². The minimum absolute atomic E-state index is 0.194. The van der Waals surface area contributed by atoms with Crippen molar-refractivity contribution >= 4 is 33.2 Å². The molecule has 1 aromatic carbocycles. The molecule has 0 aliphatic heterocycles. The molecule has 0 saturated carbocycles. The lowest BCUT2D eigenvalue weighted by atomic mass is 10.2. The summed E-state index contributed by atoms with van der Waals surface area (Å²) in [5, 5.41) is 3.40. The van der Waals surface area contributed by atoms with Gasteiger partial charge < -0.3 is 10.1 Å². The van der Waals surface area contributed by atoms with Gasteiger partial charge in [-0.3, -0.25) is 4.79 Å². The van der Waals surface area contributed by atoms with Crippen LogP contribution in [0.3, 0.4) is 0 Å². The van der Waals surface area contributed by atoms with Crippen molar-refractivity contribution in [1.29, 1.82) is 0 Å². The largest absolute Gasteiger partial charge is 0.469 e. The molecule has 2 rings (SSSR count). The third-order valence-corrected chi connectivity index (χ3v) is 4.36. The number of hydrogen-bond acceptors (Lipinski definition) is 4. The number of carbonyl (C=O) groups excluding carboxylic acids is 1. The normalized spacial score (nSPS) is 10.5. The maximum Gasteiger partial charge on any atom is 0.310 e. The summed E-state index contributed by atoms with van der Waals surface area (Å²) < 4.78 is 5.75. The van der Waals surface area contributed by atoms with Crippen LogP contribution in [0.25, 0.3) is 0 Å². The lowest BCUT2D eigenvalue weighted by Gasteiger charge is -2.03. The van der Waals surface area contributed by atoms with Crippen molar-refractivity contribution in [1.82, 2.24) is 5.32 Å². The van der Waals surface area contributed by atoms with Crippen molar-refractivity contribution in [3.05, 3.63) is 56.2 Å². The number of benzene rings is 1. The van der Waals surface area contributed by atoms with E-state index in [9.17, 15) is 4.79 Å². The highest BCUT2D eigenvalue weighted by Gasteiger charge is 2.06. The molecule has 5 heteroatoms. The Labute approximate surface area is 131 Å². The first kappa shape index (κ1) is 15.2. The van der Waals surface area contributed by atoms with Crippen molar-refractivity contribution in [3.63, 3.8) is 0 Å². The minimum Gasteiger partial charge on any atom is -0.469 e. The molecule has 0 radical (unpaired) electrons. The number of halogens is 1. The predicted molar refractivity (Wildman–Crippen MR) is 84.7 cm³/mol. The molecule has 0 amide bonds. The van der Waals surface area contributed by atoms with Crippen molar-refractivity contribution in [2.45, 2.75) is 19.5 Å². The van der Waals surface area contributed by atoms with Crippen LogP contribution in [-0.2, 0) is 29.0 Å². The average Bonchev–Trinajstić information content (AvgIpc) is 2.86. The van der Waals surface area contributed by atoms with Crippen LogP contribution >= 0.6 is 27.3 Å². The number of nitrogens with one attached hydrogen (secondary N) is 1. The van der Waals surface area contributed by atoms with Crippen LogP contribution in [-0.4, -0.2) is 13.1 Å². The average molecular weight is 354 g/mol. The zero-order valence-corrected chi connectivity index (χ0v) is 13.6. The number of thiophene rings is 1. The van der Waals surface area contributed by atoms with Gasteiger partial charge in [0.2, 0.25) is 0 Å². The Balaban J connectivity index is 1.81. The molecule has 1 aromatic heterocycles. The molecule has 106 valence electrons. The fourth-order valence-corrected chi connectivity index (χ4v) is 3.22. The zero-order chi connectivity index (χ0) is 14.4. The maximum absolute atomic E-state index is 11.2. The molecule has 0 aliphatic carbocycles. The van der Waals surface area contributed by atoms with Crippen LogP contribution < -0.4 is 5.32 Å². The first-order valence-electron chi connectivity index (χ1n) is 6.27. The third-order valence-electron chi connectivity index (χ3n) is 2.78. The SMILES string of the molecule is COC(=O)Cc1ccc(CNCc2cccc(Br)c2)s1. The van der Waals surface area contributed by atoms with E-state index in [-0.39, 0.29) is 5.97 Å². The molecule has 20 heavy (non-hydrogen) atoms. The summed E-state index contributed by atoms with van der Waals surface area (Å²) >= 11 is 5.10. The van der Waals surface area contributed by atoms with E-state index >= 15 is 0 Å². The van der Waals surface area contributed by atoms with Gasteiger partial charge in [0.1, 0.15) is 0 Å². The van der Waals surface area contributed by atoms with Gasteiger partial charge in [-0.15, -0.1) is 11.3 Å². The molecule has 0 saturated heterocycles. The molecular weight excluding hydrogens is 338 g/mol. The van der Waals surface area contributed by atoms with Crippen LogP contribution in [0.1, 0.15) is 15.3 Å². The van der Waals surface area contributed by atoms with Crippen LogP contribution in [0, 0.1) is 0 Å². The number of ether oxygens (including phenoxy) is 1. The summed E-state index contributed by atoms with van der Waals surface area (Å²) in [4.78, 5) is 13.4. The second-order valence-electron chi connectivity index (χ2n) is 4.35. The maximum atomic E-state index is 11.2. The van der Waals surface area contributed by atoms with Crippen LogP contribution in [0.4, 0.5) is 0 Å². The highest BCUT2D eigenvalue weighted by atomic mass is 79.9. The fourth-order valence-electron chi connectivity index (χ4n) is 1.80. The molecule has 0 bridgehead atoms. The topological polar surface area (TPSA) is 38.3 Å². The van der Waals surface area contributed by atoms with Gasteiger partial charge in [-0.25, -0.2) is 0 Å². The molecule has 2 aromatic rings. The summed E-state index contributed by atoms with van der Waals surface area (Å²) in [7, 11) is 1.41. The van der Waals surface area contributed by atoms with E-state index in [1.807, 2.05) is 18.2 Å². The smallest absolute Gasteiger partial charge is 0.310 e. The second-order valence-corrected chi connectivity index (χ2v) is 6.52. The molecule has 0 fully saturated rings. The van der Waals surface area contributed by atoms with E-state index < -0.39 is 0 Å². The van der Waals surface area contributed by atoms with Gasteiger partial charge in [-0.1, -0.05) is 28.1 Å². The summed E-state index contributed by atoms with van der Waals surface area (Å²) in [6, 6.07) is 12.3. The Hall–Kier alpha value is -1.17. The van der Waals surface area contributed by atoms with Gasteiger partial charge in [0, 0.05) is 27.3 Å². The molecule has 1 N–H and O–H groups in total. The van der Waals surface area contributed by atoms with E-state index in [4.69, 9.17) is 0 Å². The molecule has 0 atom stereocenters.